The van der Waals surface area contributed by atoms with Crippen molar-refractivity contribution in [1.29, 1.82) is 0 Å². The number of amides is 1. The Labute approximate surface area is 312 Å². The summed E-state index contributed by atoms with van der Waals surface area (Å²) < 4.78 is 28.9. The highest BCUT2D eigenvalue weighted by Crippen LogP contribution is 2.54. The van der Waals surface area contributed by atoms with E-state index in [0.29, 0.717) is 0 Å². The molecule has 3 aliphatic heterocycles. The fraction of sp³-hybridized carbons (Fsp3) is 0.487. The van der Waals surface area contributed by atoms with E-state index in [-0.39, 0.29) is 44.7 Å². The molecule has 2 aromatic carbocycles. The van der Waals surface area contributed by atoms with Gasteiger partial charge in [-0.25, -0.2) is 4.79 Å². The smallest absolute Gasteiger partial charge is 0.341 e. The summed E-state index contributed by atoms with van der Waals surface area (Å²) >= 11 is 0. The lowest BCUT2D eigenvalue weighted by Gasteiger charge is -2.38. The Kier molecular flexibility index (Phi) is 12.7. The number of methoxy groups -OCH3 is 1. The lowest BCUT2D eigenvalue weighted by molar-refractivity contribution is -0.160. The van der Waals surface area contributed by atoms with E-state index in [2.05, 4.69) is 5.32 Å². The van der Waals surface area contributed by atoms with Gasteiger partial charge >= 0.3 is 17.7 Å². The van der Waals surface area contributed by atoms with E-state index in [1.807, 2.05) is 0 Å². The minimum absolute atomic E-state index is 0.0301. The quantitative estimate of drug-likeness (QED) is 0.182. The number of benzene rings is 2. The van der Waals surface area contributed by atoms with Crippen LogP contribution in [0.25, 0.3) is 10.8 Å². The largest absolute Gasteiger partial charge is 0.507 e. The lowest BCUT2D eigenvalue weighted by Crippen LogP contribution is -2.46. The fourth-order valence-electron chi connectivity index (χ4n) is 6.89. The number of fused-ring (bicyclic) bond motifs is 14. The molecule has 5 bridgehead atoms. The van der Waals surface area contributed by atoms with Crippen LogP contribution in [0.1, 0.15) is 64.4 Å². The molecule has 0 radical (unpaired) electrons. The first-order valence-electron chi connectivity index (χ1n) is 17.5. The number of carboxylic acid groups (broad SMARTS) is 1. The average Bonchev–Trinajstić information content (AvgIpc) is 3.38. The summed E-state index contributed by atoms with van der Waals surface area (Å²) in [5.74, 6) is -9.54. The van der Waals surface area contributed by atoms with Crippen LogP contribution in [0.4, 0.5) is 5.69 Å². The van der Waals surface area contributed by atoms with Crippen LogP contribution in [-0.4, -0.2) is 93.1 Å². The van der Waals surface area contributed by atoms with Gasteiger partial charge in [0.05, 0.1) is 41.2 Å². The molecule has 54 heavy (non-hydrogen) atoms. The van der Waals surface area contributed by atoms with E-state index in [1.165, 1.54) is 53.2 Å². The number of carbonyl (C=O) groups excluding carboxylic acids is 3. The van der Waals surface area contributed by atoms with Crippen molar-refractivity contribution in [3.63, 3.8) is 0 Å². The maximum absolute atomic E-state index is 14.2. The zero-order chi connectivity index (χ0) is 40.4. The lowest BCUT2D eigenvalue weighted by atomic mass is 9.78. The summed E-state index contributed by atoms with van der Waals surface area (Å²) in [5, 5.41) is 57.0. The number of ketones is 1. The van der Waals surface area contributed by atoms with Crippen LogP contribution >= 0.6 is 0 Å². The number of hydrogen-bond donors (Lipinski definition) is 6. The number of phenols is 2. The minimum atomic E-state index is -2.05. The molecule has 6 N–H and O–H groups in total. The summed E-state index contributed by atoms with van der Waals surface area (Å²) in [6.45, 7) is 11.4. The number of Topliss-reactive ketones (excluding diaryl/α,β-unsaturated/α-hetero) is 1. The number of anilines is 1. The molecule has 5 rings (SSSR count). The second kappa shape index (κ2) is 16.5. The minimum Gasteiger partial charge on any atom is -0.507 e. The number of aliphatic hydroxyl groups is 2. The van der Waals surface area contributed by atoms with Gasteiger partial charge in [0, 0.05) is 67.2 Å². The first-order chi connectivity index (χ1) is 25.2. The normalized spacial score (nSPS) is 29.9. The number of allylic oxidation sites excluding steroid dienone is 2. The van der Waals surface area contributed by atoms with Crippen LogP contribution < -0.4 is 14.8 Å². The number of ether oxygens (including phenoxy) is 5. The Balaban J connectivity index is 1.93. The van der Waals surface area contributed by atoms with E-state index >= 15 is 0 Å². The van der Waals surface area contributed by atoms with Gasteiger partial charge in [-0.15, -0.1) is 0 Å². The zero-order valence-corrected chi connectivity index (χ0v) is 31.7. The second-order valence-corrected chi connectivity index (χ2v) is 14.1. The van der Waals surface area contributed by atoms with Crippen molar-refractivity contribution in [3.8, 4) is 23.0 Å². The number of aromatic hydroxyl groups is 2. The van der Waals surface area contributed by atoms with Gasteiger partial charge in [0.2, 0.25) is 0 Å². The summed E-state index contributed by atoms with van der Waals surface area (Å²) in [5.41, 5.74) is -0.251. The number of carbonyl (C=O) groups is 4. The van der Waals surface area contributed by atoms with Crippen LogP contribution in [0.2, 0.25) is 0 Å². The van der Waals surface area contributed by atoms with Gasteiger partial charge < -0.3 is 54.5 Å². The number of esters is 1. The third-order valence-corrected chi connectivity index (χ3v) is 10.2. The maximum Gasteiger partial charge on any atom is 0.341 e. The van der Waals surface area contributed by atoms with Crippen molar-refractivity contribution < 1.29 is 68.4 Å². The van der Waals surface area contributed by atoms with E-state index in [0.717, 1.165) is 6.07 Å². The monoisotopic (exact) mass is 755 g/mol. The van der Waals surface area contributed by atoms with Gasteiger partial charge in [0.15, 0.2) is 12.4 Å². The van der Waals surface area contributed by atoms with Gasteiger partial charge in [-0.05, 0) is 19.9 Å². The molecule has 15 heteroatoms. The summed E-state index contributed by atoms with van der Waals surface area (Å²) in [4.78, 5) is 51.3. The SMILES string of the molecule is COC1C=COC2(C)Oc3c(C)c(O)c4c(O)c(cc(OCC(=O)O)c4c3C2=O)NC(=O)C(C)=C/C=C/C(C)C(O)C(C)C(O)C(C)C(OC(C)=O)C1C. The third-order valence-electron chi connectivity index (χ3n) is 10.2. The Morgan fingerprint density at radius 3 is 2.24 bits per heavy atom. The average molecular weight is 756 g/mol. The third kappa shape index (κ3) is 8.17. The van der Waals surface area contributed by atoms with Crippen molar-refractivity contribution >= 4 is 40.1 Å². The molecule has 0 aliphatic carbocycles. The van der Waals surface area contributed by atoms with Crippen LogP contribution in [0.15, 0.2) is 42.2 Å². The predicted octanol–water partition coefficient (Wildman–Crippen LogP) is 4.51. The Hall–Kier alpha value is -5.12. The molecule has 294 valence electrons. The molecule has 0 saturated heterocycles. The van der Waals surface area contributed by atoms with Crippen molar-refractivity contribution in [1.82, 2.24) is 0 Å². The Bertz CT molecular complexity index is 1900. The van der Waals surface area contributed by atoms with E-state index in [1.54, 1.807) is 39.8 Å². The molecule has 15 nitrogen and oxygen atoms in total. The van der Waals surface area contributed by atoms with Gasteiger partial charge in [-0.1, -0.05) is 45.9 Å². The molecule has 2 aromatic rings. The number of phenolic OH excluding ortho intramolecular Hbond substituents is 2. The summed E-state index contributed by atoms with van der Waals surface area (Å²) in [6, 6.07) is 1.13. The Morgan fingerprint density at radius 2 is 1.63 bits per heavy atom. The molecule has 9 unspecified atom stereocenters. The van der Waals surface area contributed by atoms with Crippen molar-refractivity contribution in [3.05, 3.63) is 53.3 Å². The first-order valence-corrected chi connectivity index (χ1v) is 17.5. The maximum atomic E-state index is 14.2. The highest BCUT2D eigenvalue weighted by atomic mass is 16.7. The van der Waals surface area contributed by atoms with Gasteiger partial charge in [-0.3, -0.25) is 14.4 Å². The van der Waals surface area contributed by atoms with E-state index in [4.69, 9.17) is 23.7 Å². The Morgan fingerprint density at radius 1 is 0.963 bits per heavy atom. The second-order valence-electron chi connectivity index (χ2n) is 14.1. The van der Waals surface area contributed by atoms with Gasteiger partial charge in [0.25, 0.3) is 11.7 Å². The van der Waals surface area contributed by atoms with Gasteiger partial charge in [0.1, 0.15) is 23.4 Å². The molecule has 0 aromatic heterocycles. The summed E-state index contributed by atoms with van der Waals surface area (Å²) in [6.07, 6.45) is 3.37. The highest BCUT2D eigenvalue weighted by Gasteiger charge is 2.49. The molecule has 3 aliphatic rings. The van der Waals surface area contributed by atoms with Crippen molar-refractivity contribution in [2.75, 3.05) is 19.0 Å². The number of hydrogen-bond acceptors (Lipinski definition) is 13. The van der Waals surface area contributed by atoms with Crippen molar-refractivity contribution in [2.45, 2.75) is 85.6 Å². The molecule has 3 heterocycles. The number of aliphatic carboxylic acids is 1. The van der Waals surface area contributed by atoms with Crippen LogP contribution in [-0.2, 0) is 28.6 Å². The standard InChI is InChI=1S/C39H49NO14/c1-17-11-10-12-18(2)38(49)40-24-15-26(51-16-27(42)43)28-29(34(24)47)33(46)22(6)36-30(28)37(48)39(8,54-36)52-14-13-25(50-9)19(3)35(53-23(7)41)21(5)32(45)20(4)31(17)44/h10-15,17,19-21,25,31-32,35,44-47H,16H2,1-9H3,(H,40,49)(H,42,43)/b11-10+,14-13?,18-12?. The predicted molar refractivity (Wildman–Crippen MR) is 195 cm³/mol. The van der Waals surface area contributed by atoms with Crippen molar-refractivity contribution in [2.24, 2.45) is 23.7 Å². The van der Waals surface area contributed by atoms with Crippen LogP contribution in [0, 0.1) is 30.6 Å². The molecule has 0 fully saturated rings. The number of rotatable bonds is 5. The van der Waals surface area contributed by atoms with Crippen LogP contribution in [0.5, 0.6) is 23.0 Å². The summed E-state index contributed by atoms with van der Waals surface area (Å²) in [7, 11) is 1.41. The van der Waals surface area contributed by atoms with E-state index < -0.39 is 95.6 Å². The molecular weight excluding hydrogens is 706 g/mol. The molecule has 0 saturated carbocycles. The number of aliphatic hydroxyl groups excluding tert-OH is 2. The molecular formula is C39H49NO14. The van der Waals surface area contributed by atoms with Crippen LogP contribution in [0.3, 0.4) is 0 Å². The topological polar surface area (TPSA) is 228 Å². The van der Waals surface area contributed by atoms with E-state index in [9.17, 15) is 44.7 Å². The number of carboxylic acids is 1. The molecule has 1 amide bonds. The first kappa shape index (κ1) is 41.6. The zero-order valence-electron chi connectivity index (χ0n) is 31.7. The highest BCUT2D eigenvalue weighted by molar-refractivity contribution is 6.21. The molecule has 0 spiro atoms. The number of nitrogens with one attached hydrogen (secondary N) is 1. The molecule has 9 atom stereocenters. The fourth-order valence-corrected chi connectivity index (χ4v) is 6.89. The van der Waals surface area contributed by atoms with Gasteiger partial charge in [-0.2, -0.15) is 0 Å².